The molecule has 2 aromatic rings. The van der Waals surface area contributed by atoms with Crippen LogP contribution in [0, 0.1) is 6.92 Å². The molecule has 0 saturated carbocycles. The van der Waals surface area contributed by atoms with E-state index in [9.17, 15) is 4.79 Å². The van der Waals surface area contributed by atoms with Crippen molar-refractivity contribution in [1.82, 2.24) is 15.5 Å². The Hall–Kier alpha value is -1.62. The van der Waals surface area contributed by atoms with Gasteiger partial charge in [-0.15, -0.1) is 0 Å². The molecule has 5 heteroatoms. The van der Waals surface area contributed by atoms with Gasteiger partial charge >= 0.3 is 0 Å². The van der Waals surface area contributed by atoms with Crippen LogP contribution in [-0.4, -0.2) is 21.4 Å². The molecule has 2 N–H and O–H groups in total. The second-order valence-corrected chi connectivity index (χ2v) is 5.26. The predicted molar refractivity (Wildman–Crippen MR) is 78.4 cm³/mol. The van der Waals surface area contributed by atoms with Gasteiger partial charge in [0.1, 0.15) is 0 Å². The highest BCUT2D eigenvalue weighted by atomic mass is 79.9. The Morgan fingerprint density at radius 1 is 1.42 bits per heavy atom. The molecule has 1 atom stereocenters. The van der Waals surface area contributed by atoms with Gasteiger partial charge in [0.25, 0.3) is 5.91 Å². The first-order valence-corrected chi connectivity index (χ1v) is 7.13. The Kier molecular flexibility index (Phi) is 4.04. The molecule has 19 heavy (non-hydrogen) atoms. The van der Waals surface area contributed by atoms with Gasteiger partial charge < -0.3 is 5.32 Å². The molecular weight excluding hydrogens is 306 g/mol. The van der Waals surface area contributed by atoms with Gasteiger partial charge in [-0.1, -0.05) is 46.3 Å². The van der Waals surface area contributed by atoms with E-state index in [0.717, 1.165) is 11.3 Å². The molecule has 0 radical (unpaired) electrons. The molecule has 1 amide bonds. The van der Waals surface area contributed by atoms with E-state index in [1.807, 2.05) is 44.2 Å². The number of aryl methyl sites for hydroxylation is 1. The lowest BCUT2D eigenvalue weighted by Crippen LogP contribution is -2.45. The van der Waals surface area contributed by atoms with Crippen molar-refractivity contribution in [3.05, 3.63) is 53.3 Å². The number of benzene rings is 1. The summed E-state index contributed by atoms with van der Waals surface area (Å²) in [6, 6.07) is 9.89. The third kappa shape index (κ3) is 2.87. The van der Waals surface area contributed by atoms with Crippen molar-refractivity contribution in [3.63, 3.8) is 0 Å². The van der Waals surface area contributed by atoms with Gasteiger partial charge in [-0.2, -0.15) is 5.10 Å². The first-order chi connectivity index (χ1) is 9.07. The molecule has 4 nitrogen and oxygen atoms in total. The number of nitrogens with one attached hydrogen (secondary N) is 2. The fraction of sp³-hybridized carbons (Fsp3) is 0.286. The number of nitrogens with zero attached hydrogens (tertiary/aromatic N) is 1. The molecule has 1 aromatic carbocycles. The number of hydrogen-bond donors (Lipinski definition) is 2. The molecule has 0 bridgehead atoms. The minimum atomic E-state index is -0.456. The van der Waals surface area contributed by atoms with Crippen LogP contribution in [0.15, 0.2) is 36.5 Å². The molecule has 0 aliphatic carbocycles. The summed E-state index contributed by atoms with van der Waals surface area (Å²) in [7, 11) is 0. The normalized spacial score (nSPS) is 13.8. The molecule has 0 spiro atoms. The largest absolute Gasteiger partial charge is 0.342 e. The van der Waals surface area contributed by atoms with Crippen LogP contribution in [-0.2, 0) is 5.54 Å². The van der Waals surface area contributed by atoms with Crippen molar-refractivity contribution in [2.45, 2.75) is 19.4 Å². The lowest BCUT2D eigenvalue weighted by Gasteiger charge is -2.29. The molecule has 1 heterocycles. The quantitative estimate of drug-likeness (QED) is 0.851. The van der Waals surface area contributed by atoms with Gasteiger partial charge in [-0.25, -0.2) is 0 Å². The number of amides is 1. The van der Waals surface area contributed by atoms with E-state index in [2.05, 4.69) is 31.4 Å². The van der Waals surface area contributed by atoms with Crippen LogP contribution < -0.4 is 5.32 Å². The van der Waals surface area contributed by atoms with Crippen LogP contribution in [0.1, 0.15) is 28.5 Å². The van der Waals surface area contributed by atoms with E-state index in [1.54, 1.807) is 6.20 Å². The average Bonchev–Trinajstić information content (AvgIpc) is 2.86. The Morgan fingerprint density at radius 2 is 2.11 bits per heavy atom. The fourth-order valence-electron chi connectivity index (χ4n) is 1.89. The SMILES string of the molecule is Cc1[nH]ncc1C(=O)NC(C)(CBr)c1ccccc1. The molecular formula is C14H16BrN3O. The van der Waals surface area contributed by atoms with E-state index < -0.39 is 5.54 Å². The van der Waals surface area contributed by atoms with Crippen LogP contribution in [0.25, 0.3) is 0 Å². The maximum absolute atomic E-state index is 12.3. The predicted octanol–water partition coefficient (Wildman–Crippen LogP) is 2.76. The topological polar surface area (TPSA) is 57.8 Å². The van der Waals surface area contributed by atoms with Gasteiger partial charge in [0.15, 0.2) is 0 Å². The lowest BCUT2D eigenvalue weighted by molar-refractivity contribution is 0.0913. The van der Waals surface area contributed by atoms with Crippen LogP contribution in [0.4, 0.5) is 0 Å². The lowest BCUT2D eigenvalue weighted by atomic mass is 9.94. The average molecular weight is 322 g/mol. The van der Waals surface area contributed by atoms with Crippen LogP contribution >= 0.6 is 15.9 Å². The number of rotatable bonds is 4. The molecule has 1 unspecified atom stereocenters. The van der Waals surface area contributed by atoms with Gasteiger partial charge in [0, 0.05) is 11.0 Å². The molecule has 0 aliphatic heterocycles. The number of carbonyl (C=O) groups is 1. The minimum absolute atomic E-state index is 0.128. The highest BCUT2D eigenvalue weighted by molar-refractivity contribution is 9.09. The Labute approximate surface area is 120 Å². The summed E-state index contributed by atoms with van der Waals surface area (Å²) >= 11 is 3.48. The number of halogens is 1. The van der Waals surface area contributed by atoms with Gasteiger partial charge in [-0.3, -0.25) is 9.89 Å². The van der Waals surface area contributed by atoms with Gasteiger partial charge in [0.2, 0.25) is 0 Å². The van der Waals surface area contributed by atoms with Crippen molar-refractivity contribution in [2.24, 2.45) is 0 Å². The van der Waals surface area contributed by atoms with Gasteiger partial charge in [-0.05, 0) is 19.4 Å². The van der Waals surface area contributed by atoms with E-state index in [4.69, 9.17) is 0 Å². The summed E-state index contributed by atoms with van der Waals surface area (Å²) in [5, 5.41) is 10.3. The first-order valence-electron chi connectivity index (χ1n) is 6.01. The standard InChI is InChI=1S/C14H16BrN3O/c1-10-12(8-16-18-10)13(19)17-14(2,9-15)11-6-4-3-5-7-11/h3-8H,9H2,1-2H3,(H,16,18)(H,17,19). The Balaban J connectivity index is 2.25. The zero-order valence-corrected chi connectivity index (χ0v) is 12.5. The number of aromatic nitrogens is 2. The van der Waals surface area contributed by atoms with Crippen LogP contribution in [0.2, 0.25) is 0 Å². The summed E-state index contributed by atoms with van der Waals surface area (Å²) < 4.78 is 0. The van der Waals surface area contributed by atoms with Gasteiger partial charge in [0.05, 0.1) is 17.3 Å². The molecule has 1 aromatic heterocycles. The van der Waals surface area contributed by atoms with Crippen molar-refractivity contribution in [2.75, 3.05) is 5.33 Å². The van der Waals surface area contributed by atoms with Crippen molar-refractivity contribution >= 4 is 21.8 Å². The van der Waals surface area contributed by atoms with Crippen LogP contribution in [0.5, 0.6) is 0 Å². The number of hydrogen-bond acceptors (Lipinski definition) is 2. The second kappa shape index (κ2) is 5.57. The Morgan fingerprint density at radius 3 is 2.63 bits per heavy atom. The summed E-state index contributed by atoms with van der Waals surface area (Å²) in [5.74, 6) is -0.128. The zero-order chi connectivity index (χ0) is 13.9. The zero-order valence-electron chi connectivity index (χ0n) is 10.9. The van der Waals surface area contributed by atoms with Crippen molar-refractivity contribution in [3.8, 4) is 0 Å². The summed E-state index contributed by atoms with van der Waals surface area (Å²) in [6.07, 6.45) is 1.55. The highest BCUT2D eigenvalue weighted by Crippen LogP contribution is 2.23. The molecule has 0 aliphatic rings. The van der Waals surface area contributed by atoms with Crippen LogP contribution in [0.3, 0.4) is 0 Å². The number of H-pyrrole nitrogens is 1. The van der Waals surface area contributed by atoms with Crippen molar-refractivity contribution < 1.29 is 4.79 Å². The molecule has 2 rings (SSSR count). The highest BCUT2D eigenvalue weighted by Gasteiger charge is 2.28. The minimum Gasteiger partial charge on any atom is -0.342 e. The maximum Gasteiger partial charge on any atom is 0.255 e. The summed E-state index contributed by atoms with van der Waals surface area (Å²) in [5.41, 5.74) is 1.94. The second-order valence-electron chi connectivity index (χ2n) is 4.69. The number of carbonyl (C=O) groups excluding carboxylic acids is 1. The van der Waals surface area contributed by atoms with E-state index >= 15 is 0 Å². The van der Waals surface area contributed by atoms with Crippen molar-refractivity contribution in [1.29, 1.82) is 0 Å². The first kappa shape index (κ1) is 13.8. The third-order valence-corrected chi connectivity index (χ3v) is 4.26. The van der Waals surface area contributed by atoms with E-state index in [-0.39, 0.29) is 5.91 Å². The summed E-state index contributed by atoms with van der Waals surface area (Å²) in [6.45, 7) is 3.82. The Bertz CT molecular complexity index is 567. The molecule has 100 valence electrons. The summed E-state index contributed by atoms with van der Waals surface area (Å²) in [4.78, 5) is 12.3. The monoisotopic (exact) mass is 321 g/mol. The maximum atomic E-state index is 12.3. The van der Waals surface area contributed by atoms with E-state index in [0.29, 0.717) is 10.9 Å². The smallest absolute Gasteiger partial charge is 0.255 e. The third-order valence-electron chi connectivity index (χ3n) is 3.14. The number of alkyl halides is 1. The number of aromatic amines is 1. The molecule has 0 saturated heterocycles. The fourth-order valence-corrected chi connectivity index (χ4v) is 2.35. The van der Waals surface area contributed by atoms with E-state index in [1.165, 1.54) is 0 Å². The molecule has 0 fully saturated rings.